The number of hydrogen-bond acceptors (Lipinski definition) is 5. The van der Waals surface area contributed by atoms with Crippen molar-refractivity contribution >= 4 is 38.8 Å². The third-order valence-electron chi connectivity index (χ3n) is 3.65. The van der Waals surface area contributed by atoms with E-state index in [4.69, 9.17) is 4.42 Å². The number of thiazole rings is 1. The molecule has 1 N–H and O–H groups in total. The number of rotatable bonds is 4. The van der Waals surface area contributed by atoms with Crippen LogP contribution < -0.4 is 5.32 Å². The first kappa shape index (κ1) is 15.1. The summed E-state index contributed by atoms with van der Waals surface area (Å²) in [5.41, 5.74) is 0.936. The summed E-state index contributed by atoms with van der Waals surface area (Å²) in [4.78, 5) is 18.0. The van der Waals surface area contributed by atoms with E-state index in [-0.39, 0.29) is 11.9 Å². The summed E-state index contributed by atoms with van der Waals surface area (Å²) in [5.74, 6) is 0.695. The Morgan fingerprint density at radius 2 is 2.04 bits per heavy atom. The zero-order valence-electron chi connectivity index (χ0n) is 12.9. The van der Waals surface area contributed by atoms with Crippen molar-refractivity contribution in [3.8, 4) is 10.8 Å². The Balaban J connectivity index is 1.54. The van der Waals surface area contributed by atoms with Crippen molar-refractivity contribution in [3.63, 3.8) is 0 Å². The lowest BCUT2D eigenvalue weighted by molar-refractivity contribution is 0.0913. The van der Waals surface area contributed by atoms with Crippen LogP contribution >= 0.6 is 22.7 Å². The van der Waals surface area contributed by atoms with Gasteiger partial charge in [0.05, 0.1) is 16.3 Å². The fourth-order valence-corrected chi connectivity index (χ4v) is 4.09. The highest BCUT2D eigenvalue weighted by Gasteiger charge is 2.17. The molecule has 6 heteroatoms. The van der Waals surface area contributed by atoms with Gasteiger partial charge in [0.2, 0.25) is 0 Å². The maximum absolute atomic E-state index is 12.3. The molecule has 0 saturated carbocycles. The Hall–Kier alpha value is -2.44. The maximum Gasteiger partial charge on any atom is 0.287 e. The molecule has 1 amide bonds. The maximum atomic E-state index is 12.3. The van der Waals surface area contributed by atoms with E-state index in [1.54, 1.807) is 34.8 Å². The molecule has 0 aliphatic carbocycles. The zero-order valence-corrected chi connectivity index (χ0v) is 14.5. The molecule has 4 nitrogen and oxygen atoms in total. The van der Waals surface area contributed by atoms with Gasteiger partial charge in [-0.2, -0.15) is 0 Å². The SMILES string of the molecule is CC(NC(=O)c1ccc(-c2nc3ccccc3s2)o1)c1cccs1. The van der Waals surface area contributed by atoms with Crippen molar-refractivity contribution in [1.82, 2.24) is 10.3 Å². The molecule has 3 aromatic heterocycles. The number of nitrogens with one attached hydrogen (secondary N) is 1. The van der Waals surface area contributed by atoms with Crippen LogP contribution in [-0.2, 0) is 0 Å². The average Bonchev–Trinajstić information content (AvgIpc) is 3.32. The van der Waals surface area contributed by atoms with E-state index in [0.29, 0.717) is 11.5 Å². The van der Waals surface area contributed by atoms with Gasteiger partial charge in [-0.05, 0) is 42.6 Å². The Kier molecular flexibility index (Phi) is 3.92. The summed E-state index contributed by atoms with van der Waals surface area (Å²) in [7, 11) is 0. The predicted octanol–water partition coefficient (Wildman–Crippen LogP) is 5.11. The van der Waals surface area contributed by atoms with Crippen LogP contribution in [0.1, 0.15) is 28.4 Å². The minimum absolute atomic E-state index is 0.0477. The third kappa shape index (κ3) is 2.86. The number of carbonyl (C=O) groups excluding carboxylic acids is 1. The van der Waals surface area contributed by atoms with Crippen LogP contribution in [0.4, 0.5) is 0 Å². The van der Waals surface area contributed by atoms with Gasteiger partial charge in [-0.25, -0.2) is 4.98 Å². The van der Waals surface area contributed by atoms with Crippen LogP contribution in [0.5, 0.6) is 0 Å². The summed E-state index contributed by atoms with van der Waals surface area (Å²) in [6.07, 6.45) is 0. The molecule has 0 bridgehead atoms. The topological polar surface area (TPSA) is 55.1 Å². The number of para-hydroxylation sites is 1. The summed E-state index contributed by atoms with van der Waals surface area (Å²) >= 11 is 3.17. The van der Waals surface area contributed by atoms with E-state index < -0.39 is 0 Å². The van der Waals surface area contributed by atoms with Crippen LogP contribution in [0.2, 0.25) is 0 Å². The van der Waals surface area contributed by atoms with Crippen molar-refractivity contribution in [2.24, 2.45) is 0 Å². The number of amides is 1. The lowest BCUT2D eigenvalue weighted by atomic mass is 10.2. The number of benzene rings is 1. The molecule has 0 spiro atoms. The molecule has 0 saturated heterocycles. The molecule has 120 valence electrons. The summed E-state index contributed by atoms with van der Waals surface area (Å²) < 4.78 is 6.82. The number of furan rings is 1. The number of hydrogen-bond donors (Lipinski definition) is 1. The Morgan fingerprint density at radius 3 is 2.83 bits per heavy atom. The fraction of sp³-hybridized carbons (Fsp3) is 0.111. The molecule has 4 aromatic rings. The summed E-state index contributed by atoms with van der Waals surface area (Å²) in [6, 6.07) is 15.3. The molecular formula is C18H14N2O2S2. The van der Waals surface area contributed by atoms with E-state index in [1.807, 2.05) is 48.7 Å². The summed E-state index contributed by atoms with van der Waals surface area (Å²) in [6.45, 7) is 1.96. The second kappa shape index (κ2) is 6.22. The second-order valence-electron chi connectivity index (χ2n) is 5.36. The van der Waals surface area contributed by atoms with Crippen molar-refractivity contribution in [3.05, 3.63) is 64.5 Å². The van der Waals surface area contributed by atoms with E-state index >= 15 is 0 Å². The number of thiophene rings is 1. The lowest BCUT2D eigenvalue weighted by Crippen LogP contribution is -2.25. The van der Waals surface area contributed by atoms with Crippen LogP contribution in [0.25, 0.3) is 21.0 Å². The van der Waals surface area contributed by atoms with Gasteiger partial charge in [0.25, 0.3) is 5.91 Å². The molecule has 24 heavy (non-hydrogen) atoms. The smallest absolute Gasteiger partial charge is 0.287 e. The quantitative estimate of drug-likeness (QED) is 0.554. The molecule has 0 aliphatic rings. The van der Waals surface area contributed by atoms with E-state index in [1.165, 1.54) is 0 Å². The second-order valence-corrected chi connectivity index (χ2v) is 7.37. The van der Waals surface area contributed by atoms with Gasteiger partial charge in [-0.3, -0.25) is 4.79 Å². The molecule has 1 unspecified atom stereocenters. The Bertz CT molecular complexity index is 952. The molecule has 3 heterocycles. The van der Waals surface area contributed by atoms with Crippen molar-refractivity contribution in [2.45, 2.75) is 13.0 Å². The van der Waals surface area contributed by atoms with Gasteiger partial charge in [-0.15, -0.1) is 22.7 Å². The van der Waals surface area contributed by atoms with E-state index in [9.17, 15) is 4.79 Å². The largest absolute Gasteiger partial charge is 0.448 e. The molecule has 4 rings (SSSR count). The van der Waals surface area contributed by atoms with Gasteiger partial charge >= 0.3 is 0 Å². The van der Waals surface area contributed by atoms with Crippen LogP contribution in [0.15, 0.2) is 58.3 Å². The molecule has 0 aliphatic heterocycles. The van der Waals surface area contributed by atoms with E-state index in [0.717, 1.165) is 20.1 Å². The minimum atomic E-state index is -0.219. The molecular weight excluding hydrogens is 340 g/mol. The number of carbonyl (C=O) groups is 1. The number of nitrogens with zero attached hydrogens (tertiary/aromatic N) is 1. The molecule has 0 radical (unpaired) electrons. The first-order chi connectivity index (χ1) is 11.7. The van der Waals surface area contributed by atoms with Crippen molar-refractivity contribution in [1.29, 1.82) is 0 Å². The zero-order chi connectivity index (χ0) is 16.5. The van der Waals surface area contributed by atoms with E-state index in [2.05, 4.69) is 10.3 Å². The number of fused-ring (bicyclic) bond motifs is 1. The van der Waals surface area contributed by atoms with Gasteiger partial charge in [0.1, 0.15) is 0 Å². The van der Waals surface area contributed by atoms with Crippen molar-refractivity contribution < 1.29 is 9.21 Å². The van der Waals surface area contributed by atoms with Crippen LogP contribution in [0, 0.1) is 0 Å². The first-order valence-electron chi connectivity index (χ1n) is 7.51. The van der Waals surface area contributed by atoms with Crippen LogP contribution in [-0.4, -0.2) is 10.9 Å². The highest BCUT2D eigenvalue weighted by atomic mass is 32.1. The first-order valence-corrected chi connectivity index (χ1v) is 9.20. The van der Waals surface area contributed by atoms with Gasteiger partial charge < -0.3 is 9.73 Å². The Labute approximate surface area is 146 Å². The minimum Gasteiger partial charge on any atom is -0.448 e. The fourth-order valence-electron chi connectivity index (χ4n) is 2.43. The standard InChI is InChI=1S/C18H14N2O2S2/c1-11(15-7-4-10-23-15)19-17(21)13-8-9-14(22-13)18-20-12-5-2-3-6-16(12)24-18/h2-11H,1H3,(H,19,21). The number of aromatic nitrogens is 1. The normalized spacial score (nSPS) is 12.4. The molecule has 0 fully saturated rings. The van der Waals surface area contributed by atoms with Gasteiger partial charge in [0.15, 0.2) is 16.5 Å². The predicted molar refractivity (Wildman–Crippen MR) is 97.5 cm³/mol. The Morgan fingerprint density at radius 1 is 1.17 bits per heavy atom. The third-order valence-corrected chi connectivity index (χ3v) is 5.76. The summed E-state index contributed by atoms with van der Waals surface area (Å²) in [5, 5.41) is 5.73. The highest BCUT2D eigenvalue weighted by molar-refractivity contribution is 7.21. The molecule has 1 atom stereocenters. The van der Waals surface area contributed by atoms with Crippen LogP contribution in [0.3, 0.4) is 0 Å². The van der Waals surface area contributed by atoms with Gasteiger partial charge in [0, 0.05) is 4.88 Å². The monoisotopic (exact) mass is 354 g/mol. The van der Waals surface area contributed by atoms with Crippen molar-refractivity contribution in [2.75, 3.05) is 0 Å². The average molecular weight is 354 g/mol. The van der Waals surface area contributed by atoms with Gasteiger partial charge in [-0.1, -0.05) is 18.2 Å². The lowest BCUT2D eigenvalue weighted by Gasteiger charge is -2.10. The molecule has 1 aromatic carbocycles. The highest BCUT2D eigenvalue weighted by Crippen LogP contribution is 2.31.